The Morgan fingerprint density at radius 1 is 1.48 bits per heavy atom. The van der Waals surface area contributed by atoms with E-state index in [0.717, 1.165) is 0 Å². The van der Waals surface area contributed by atoms with Gasteiger partial charge in [-0.2, -0.15) is 0 Å². The van der Waals surface area contributed by atoms with Gasteiger partial charge >= 0.3 is 0 Å². The third kappa shape index (κ3) is 2.09. The number of aliphatic hydroxyl groups is 2. The molecule has 3 atom stereocenters. The first kappa shape index (κ1) is 14.9. The van der Waals surface area contributed by atoms with Gasteiger partial charge in [-0.05, 0) is 20.8 Å². The summed E-state index contributed by atoms with van der Waals surface area (Å²) in [7, 11) is 0. The highest BCUT2D eigenvalue weighted by Gasteiger charge is 2.61. The highest BCUT2D eigenvalue weighted by Crippen LogP contribution is 2.46. The Morgan fingerprint density at radius 2 is 2.14 bits per heavy atom. The van der Waals surface area contributed by atoms with Crippen molar-refractivity contribution in [1.82, 2.24) is 8.96 Å². The molecule has 0 spiro atoms. The van der Waals surface area contributed by atoms with Gasteiger partial charge in [0.25, 0.3) is 0 Å². The Balaban J connectivity index is 2.06. The zero-order valence-electron chi connectivity index (χ0n) is 12.0. The van der Waals surface area contributed by atoms with E-state index in [0.29, 0.717) is 11.4 Å². The average Bonchev–Trinajstić information content (AvgIpc) is 2.92. The lowest BCUT2D eigenvalue weighted by atomic mass is 10.0. The van der Waals surface area contributed by atoms with Crippen LogP contribution in [-0.4, -0.2) is 43.8 Å². The maximum Gasteiger partial charge on any atom is 0.240 e. The van der Waals surface area contributed by atoms with E-state index in [-0.39, 0.29) is 24.3 Å². The van der Waals surface area contributed by atoms with Crippen LogP contribution in [0.2, 0.25) is 0 Å². The van der Waals surface area contributed by atoms with Gasteiger partial charge in [-0.1, -0.05) is 19.4 Å². The molecule has 3 heterocycles. The molecule has 7 nitrogen and oxygen atoms in total. The summed E-state index contributed by atoms with van der Waals surface area (Å²) >= 11 is 4.27. The lowest BCUT2D eigenvalue weighted by Crippen LogP contribution is -2.42. The Labute approximate surface area is 127 Å². The number of imidazole rings is 1. The zero-order chi connectivity index (χ0) is 15.6. The van der Waals surface area contributed by atoms with Crippen molar-refractivity contribution in [2.24, 2.45) is 0 Å². The first-order valence-electron chi connectivity index (χ1n) is 6.55. The molecule has 1 aromatic heterocycles. The zero-order valence-corrected chi connectivity index (χ0v) is 12.9. The monoisotopic (exact) mass is 314 g/mol. The Hall–Kier alpha value is -1.06. The van der Waals surface area contributed by atoms with Crippen LogP contribution in [0.1, 0.15) is 31.1 Å². The molecule has 0 bridgehead atoms. The number of ether oxygens (including phenoxy) is 3. The summed E-state index contributed by atoms with van der Waals surface area (Å²) in [6.45, 7) is 8.85. The molecule has 2 saturated heterocycles. The van der Waals surface area contributed by atoms with E-state index in [1.165, 1.54) is 3.97 Å². The van der Waals surface area contributed by atoms with Gasteiger partial charge in [0.05, 0.1) is 12.3 Å². The molecule has 3 rings (SSSR count). The van der Waals surface area contributed by atoms with Crippen molar-refractivity contribution in [3.8, 4) is 0 Å². The van der Waals surface area contributed by atoms with Gasteiger partial charge in [-0.15, -0.1) is 0 Å². The predicted molar refractivity (Wildman–Crippen MR) is 76.7 cm³/mol. The molecule has 1 unspecified atom stereocenters. The van der Waals surface area contributed by atoms with E-state index in [9.17, 15) is 10.2 Å². The fourth-order valence-corrected chi connectivity index (χ4v) is 3.35. The molecule has 2 N–H and O–H groups in total. The molecule has 0 amide bonds. The minimum Gasteiger partial charge on any atom is -0.505 e. The first-order chi connectivity index (χ1) is 9.66. The van der Waals surface area contributed by atoms with Crippen LogP contribution < -0.4 is 0 Å². The summed E-state index contributed by atoms with van der Waals surface area (Å²) in [5, 5.41) is 20.5. The van der Waals surface area contributed by atoms with Crippen molar-refractivity contribution in [3.63, 3.8) is 0 Å². The molecule has 2 aliphatic heterocycles. The van der Waals surface area contributed by atoms with Crippen LogP contribution in [0, 0.1) is 6.92 Å². The molecule has 116 valence electrons. The van der Waals surface area contributed by atoms with Gasteiger partial charge in [-0.25, -0.2) is 4.98 Å². The topological polar surface area (TPSA) is 86.0 Å². The van der Waals surface area contributed by atoms with Crippen LogP contribution >= 0.6 is 12.8 Å². The smallest absolute Gasteiger partial charge is 0.240 e. The van der Waals surface area contributed by atoms with E-state index in [4.69, 9.17) is 14.2 Å². The van der Waals surface area contributed by atoms with Gasteiger partial charge in [0.2, 0.25) is 5.79 Å². The number of hydrogen-bond acceptors (Lipinski definition) is 7. The second-order valence-electron chi connectivity index (χ2n) is 5.73. The normalized spacial score (nSPS) is 34.1. The van der Waals surface area contributed by atoms with Crippen molar-refractivity contribution in [1.29, 1.82) is 0 Å². The van der Waals surface area contributed by atoms with Crippen molar-refractivity contribution in [3.05, 3.63) is 23.8 Å². The summed E-state index contributed by atoms with van der Waals surface area (Å²) in [5.74, 6) is -2.65. The number of aliphatic hydroxyl groups excluding tert-OH is 1. The van der Waals surface area contributed by atoms with Crippen LogP contribution in [0.15, 0.2) is 6.58 Å². The van der Waals surface area contributed by atoms with Crippen LogP contribution in [0.4, 0.5) is 0 Å². The van der Waals surface area contributed by atoms with Crippen LogP contribution in [0.25, 0.3) is 5.76 Å². The Kier molecular flexibility index (Phi) is 3.16. The summed E-state index contributed by atoms with van der Waals surface area (Å²) in [4.78, 5) is 4.15. The van der Waals surface area contributed by atoms with Crippen molar-refractivity contribution in [2.45, 2.75) is 44.6 Å². The van der Waals surface area contributed by atoms with Crippen molar-refractivity contribution >= 4 is 18.6 Å². The Bertz CT molecular complexity index is 614. The molecule has 0 radical (unpaired) electrons. The van der Waals surface area contributed by atoms with E-state index in [2.05, 4.69) is 24.4 Å². The lowest BCUT2D eigenvalue weighted by molar-refractivity contribution is -0.268. The molecule has 2 aliphatic rings. The third-order valence-corrected chi connectivity index (χ3v) is 4.05. The molecule has 8 heteroatoms. The number of hydrogen-bond donors (Lipinski definition) is 3. The fraction of sp³-hybridized carbons (Fsp3) is 0.615. The minimum atomic E-state index is -1.75. The predicted octanol–water partition coefficient (Wildman–Crippen LogP) is 1.11. The van der Waals surface area contributed by atoms with Gasteiger partial charge < -0.3 is 24.4 Å². The summed E-state index contributed by atoms with van der Waals surface area (Å²) < 4.78 is 18.2. The molecule has 1 aromatic rings. The molecule has 2 fully saturated rings. The number of rotatable bonds is 2. The molecule has 0 saturated carbocycles. The molecular formula is C13H18N2O5S. The van der Waals surface area contributed by atoms with Crippen molar-refractivity contribution in [2.75, 3.05) is 6.61 Å². The number of thiol groups is 1. The molecule has 0 aliphatic carbocycles. The van der Waals surface area contributed by atoms with Gasteiger partial charge in [0, 0.05) is 0 Å². The fourth-order valence-electron chi connectivity index (χ4n) is 2.90. The Morgan fingerprint density at radius 3 is 2.71 bits per heavy atom. The van der Waals surface area contributed by atoms with Crippen LogP contribution in [0.5, 0.6) is 0 Å². The number of aryl methyl sites for hydroxylation is 1. The number of nitrogens with zero attached hydrogens (tertiary/aromatic N) is 2. The maximum atomic E-state index is 11.0. The molecule has 21 heavy (non-hydrogen) atoms. The average molecular weight is 314 g/mol. The SMILES string of the molecule is C=C(O)c1nc(C)c(C2(O)OC[C@H]3OC(C)(C)O[C@H]32)n1S. The second-order valence-corrected chi connectivity index (χ2v) is 6.13. The third-order valence-electron chi connectivity index (χ3n) is 3.66. The number of fused-ring (bicyclic) bond motifs is 1. The molecular weight excluding hydrogens is 296 g/mol. The van der Waals surface area contributed by atoms with Gasteiger partial charge in [-0.3, -0.25) is 3.97 Å². The lowest BCUT2D eigenvalue weighted by Gasteiger charge is -2.29. The highest BCUT2D eigenvalue weighted by molar-refractivity contribution is 7.78. The summed E-state index contributed by atoms with van der Waals surface area (Å²) in [5.41, 5.74) is 0.761. The van der Waals surface area contributed by atoms with Crippen LogP contribution in [0.3, 0.4) is 0 Å². The summed E-state index contributed by atoms with van der Waals surface area (Å²) in [6, 6.07) is 0. The van der Waals surface area contributed by atoms with E-state index < -0.39 is 17.7 Å². The van der Waals surface area contributed by atoms with Gasteiger partial charge in [0.1, 0.15) is 17.9 Å². The quantitative estimate of drug-likeness (QED) is 0.560. The minimum absolute atomic E-state index is 0.143. The standard InChI is InChI=1S/C13H18N2O5S/c1-6-9(15(21)11(14-6)7(2)16)13(17)10-8(5-18-13)19-12(3,4)20-10/h8,10,16-17,21H,2,5H2,1,3-4H3/t8-,10-,13?/m1/s1. The maximum absolute atomic E-state index is 11.0. The van der Waals surface area contributed by atoms with E-state index >= 15 is 0 Å². The second kappa shape index (κ2) is 4.47. The van der Waals surface area contributed by atoms with E-state index in [1.807, 2.05) is 0 Å². The van der Waals surface area contributed by atoms with E-state index in [1.54, 1.807) is 20.8 Å². The highest BCUT2D eigenvalue weighted by atomic mass is 32.1. The largest absolute Gasteiger partial charge is 0.505 e. The van der Waals surface area contributed by atoms with Gasteiger partial charge in [0.15, 0.2) is 17.4 Å². The molecule has 0 aromatic carbocycles. The first-order valence-corrected chi connectivity index (χ1v) is 6.95. The number of aromatic nitrogens is 2. The van der Waals surface area contributed by atoms with Crippen LogP contribution in [-0.2, 0) is 20.0 Å². The summed E-state index contributed by atoms with van der Waals surface area (Å²) in [6.07, 6.45) is -1.08. The van der Waals surface area contributed by atoms with Crippen molar-refractivity contribution < 1.29 is 24.4 Å².